The van der Waals surface area contributed by atoms with Crippen molar-refractivity contribution in [1.29, 1.82) is 0 Å². The third kappa shape index (κ3) is 2.96. The molecule has 106 valence electrons. The highest BCUT2D eigenvalue weighted by atomic mass is 19.1. The number of aryl methyl sites for hydroxylation is 1. The predicted molar refractivity (Wildman–Crippen MR) is 74.7 cm³/mol. The third-order valence-electron chi connectivity index (χ3n) is 3.28. The van der Waals surface area contributed by atoms with Gasteiger partial charge in [-0.25, -0.2) is 8.78 Å². The Morgan fingerprint density at radius 2 is 1.95 bits per heavy atom. The molecule has 0 heterocycles. The topological polar surface area (TPSA) is 35.2 Å². The normalized spacial score (nSPS) is 12.2. The van der Waals surface area contributed by atoms with E-state index in [1.807, 2.05) is 24.3 Å². The number of methoxy groups -OCH3 is 1. The Morgan fingerprint density at radius 1 is 1.20 bits per heavy atom. The summed E-state index contributed by atoms with van der Waals surface area (Å²) in [6.07, 6.45) is 0.342. The summed E-state index contributed by atoms with van der Waals surface area (Å²) in [6, 6.07) is 9.22. The molecule has 0 amide bonds. The van der Waals surface area contributed by atoms with E-state index < -0.39 is 17.7 Å². The summed E-state index contributed by atoms with van der Waals surface area (Å²) < 4.78 is 32.9. The van der Waals surface area contributed by atoms with Crippen LogP contribution in [-0.2, 0) is 6.42 Å². The van der Waals surface area contributed by atoms with Gasteiger partial charge in [-0.15, -0.1) is 0 Å². The molecule has 0 radical (unpaired) electrons. The minimum atomic E-state index is -0.734. The lowest BCUT2D eigenvalue weighted by Crippen LogP contribution is -2.17. The Balaban J connectivity index is 2.28. The van der Waals surface area contributed by atoms with Gasteiger partial charge in [0.05, 0.1) is 7.11 Å². The maximum absolute atomic E-state index is 14.0. The Labute approximate surface area is 117 Å². The maximum Gasteiger partial charge on any atom is 0.133 e. The molecule has 0 fully saturated rings. The van der Waals surface area contributed by atoms with Crippen molar-refractivity contribution in [3.05, 3.63) is 64.7 Å². The van der Waals surface area contributed by atoms with E-state index in [2.05, 4.69) is 0 Å². The molecule has 0 bridgehead atoms. The molecule has 0 aliphatic heterocycles. The van der Waals surface area contributed by atoms with Gasteiger partial charge in [-0.3, -0.25) is 0 Å². The largest absolute Gasteiger partial charge is 0.497 e. The van der Waals surface area contributed by atoms with Gasteiger partial charge in [-0.1, -0.05) is 18.2 Å². The second-order valence-corrected chi connectivity index (χ2v) is 4.75. The average molecular weight is 277 g/mol. The van der Waals surface area contributed by atoms with Crippen LogP contribution in [0.5, 0.6) is 5.75 Å². The van der Waals surface area contributed by atoms with E-state index >= 15 is 0 Å². The lowest BCUT2D eigenvalue weighted by atomic mass is 9.97. The molecule has 0 aromatic heterocycles. The molecule has 2 rings (SSSR count). The summed E-state index contributed by atoms with van der Waals surface area (Å²) in [5.74, 6) is -0.483. The minimum absolute atomic E-state index is 0.0622. The molecular formula is C16H17F2NO. The molecule has 0 aliphatic carbocycles. The van der Waals surface area contributed by atoms with Crippen LogP contribution in [0.25, 0.3) is 0 Å². The summed E-state index contributed by atoms with van der Waals surface area (Å²) in [7, 11) is 1.57. The van der Waals surface area contributed by atoms with Crippen molar-refractivity contribution in [3.63, 3.8) is 0 Å². The smallest absolute Gasteiger partial charge is 0.133 e. The van der Waals surface area contributed by atoms with Crippen LogP contribution in [0.1, 0.15) is 22.7 Å². The molecule has 2 nitrogen and oxygen atoms in total. The predicted octanol–water partition coefficient (Wildman–Crippen LogP) is 3.52. The van der Waals surface area contributed by atoms with Gasteiger partial charge in [0, 0.05) is 11.6 Å². The van der Waals surface area contributed by atoms with Crippen LogP contribution in [0.15, 0.2) is 36.4 Å². The van der Waals surface area contributed by atoms with Crippen LogP contribution in [-0.4, -0.2) is 7.11 Å². The monoisotopic (exact) mass is 277 g/mol. The minimum Gasteiger partial charge on any atom is -0.497 e. The van der Waals surface area contributed by atoms with Crippen LogP contribution in [0, 0.1) is 18.6 Å². The highest BCUT2D eigenvalue weighted by Crippen LogP contribution is 2.25. The fraction of sp³-hybridized carbons (Fsp3) is 0.250. The zero-order valence-corrected chi connectivity index (χ0v) is 11.5. The van der Waals surface area contributed by atoms with Crippen molar-refractivity contribution in [3.8, 4) is 5.75 Å². The number of rotatable bonds is 4. The Bertz CT molecular complexity index is 613. The summed E-state index contributed by atoms with van der Waals surface area (Å²) in [4.78, 5) is 0. The van der Waals surface area contributed by atoms with Crippen molar-refractivity contribution in [2.75, 3.05) is 7.11 Å². The van der Waals surface area contributed by atoms with E-state index in [0.717, 1.165) is 5.56 Å². The molecule has 0 saturated carbocycles. The zero-order chi connectivity index (χ0) is 14.7. The van der Waals surface area contributed by atoms with Gasteiger partial charge in [-0.05, 0) is 42.7 Å². The van der Waals surface area contributed by atoms with E-state index in [4.69, 9.17) is 10.5 Å². The van der Waals surface area contributed by atoms with Crippen LogP contribution < -0.4 is 10.5 Å². The van der Waals surface area contributed by atoms with Gasteiger partial charge in [0.2, 0.25) is 0 Å². The van der Waals surface area contributed by atoms with Crippen LogP contribution in [0.2, 0.25) is 0 Å². The van der Waals surface area contributed by atoms with Crippen molar-refractivity contribution >= 4 is 0 Å². The molecule has 2 N–H and O–H groups in total. The van der Waals surface area contributed by atoms with E-state index in [-0.39, 0.29) is 5.56 Å². The summed E-state index contributed by atoms with van der Waals surface area (Å²) in [5.41, 5.74) is 7.17. The van der Waals surface area contributed by atoms with Crippen molar-refractivity contribution < 1.29 is 13.5 Å². The van der Waals surface area contributed by atoms with E-state index in [1.54, 1.807) is 14.0 Å². The third-order valence-corrected chi connectivity index (χ3v) is 3.28. The number of hydrogen-bond donors (Lipinski definition) is 1. The highest BCUT2D eigenvalue weighted by Gasteiger charge is 2.18. The molecule has 2 aromatic carbocycles. The van der Waals surface area contributed by atoms with Gasteiger partial charge < -0.3 is 10.5 Å². The Kier molecular flexibility index (Phi) is 4.35. The van der Waals surface area contributed by atoms with Crippen LogP contribution >= 0.6 is 0 Å². The standard InChI is InChI=1S/C16H17F2NO/c1-10-6-7-13(17)15(16(10)18)14(19)9-11-4-3-5-12(8-11)20-2/h3-8,14H,9,19H2,1-2H3. The molecule has 0 aliphatic rings. The van der Waals surface area contributed by atoms with E-state index in [1.165, 1.54) is 12.1 Å². The van der Waals surface area contributed by atoms with Gasteiger partial charge in [0.15, 0.2) is 0 Å². The zero-order valence-electron chi connectivity index (χ0n) is 11.5. The summed E-state index contributed by atoms with van der Waals surface area (Å²) >= 11 is 0. The molecule has 2 aromatic rings. The van der Waals surface area contributed by atoms with Gasteiger partial charge in [0.25, 0.3) is 0 Å². The number of hydrogen-bond acceptors (Lipinski definition) is 2. The quantitative estimate of drug-likeness (QED) is 0.928. The van der Waals surface area contributed by atoms with Crippen molar-refractivity contribution in [1.82, 2.24) is 0 Å². The SMILES string of the molecule is COc1cccc(CC(N)c2c(F)ccc(C)c2F)c1. The molecule has 0 spiro atoms. The molecule has 1 atom stereocenters. The van der Waals surface area contributed by atoms with Gasteiger partial charge in [-0.2, -0.15) is 0 Å². The van der Waals surface area contributed by atoms with Gasteiger partial charge >= 0.3 is 0 Å². The molecular weight excluding hydrogens is 260 g/mol. The fourth-order valence-electron chi connectivity index (χ4n) is 2.17. The number of halogens is 2. The van der Waals surface area contributed by atoms with E-state index in [9.17, 15) is 8.78 Å². The first-order valence-electron chi connectivity index (χ1n) is 6.36. The lowest BCUT2D eigenvalue weighted by Gasteiger charge is -2.15. The summed E-state index contributed by atoms with van der Waals surface area (Å²) in [6.45, 7) is 1.59. The lowest BCUT2D eigenvalue weighted by molar-refractivity contribution is 0.414. The fourth-order valence-corrected chi connectivity index (χ4v) is 2.17. The first-order chi connectivity index (χ1) is 9.52. The number of benzene rings is 2. The Hall–Kier alpha value is -1.94. The molecule has 1 unspecified atom stereocenters. The Morgan fingerprint density at radius 3 is 2.65 bits per heavy atom. The number of nitrogens with two attached hydrogens (primary N) is 1. The first kappa shape index (κ1) is 14.5. The summed E-state index contributed by atoms with van der Waals surface area (Å²) in [5, 5.41) is 0. The van der Waals surface area contributed by atoms with Crippen molar-refractivity contribution in [2.24, 2.45) is 5.73 Å². The second kappa shape index (κ2) is 6.01. The average Bonchev–Trinajstić information content (AvgIpc) is 2.43. The molecule has 0 saturated heterocycles. The maximum atomic E-state index is 14.0. The van der Waals surface area contributed by atoms with E-state index in [0.29, 0.717) is 17.7 Å². The van der Waals surface area contributed by atoms with Crippen LogP contribution in [0.4, 0.5) is 8.78 Å². The van der Waals surface area contributed by atoms with Crippen LogP contribution in [0.3, 0.4) is 0 Å². The number of ether oxygens (including phenoxy) is 1. The molecule has 20 heavy (non-hydrogen) atoms. The first-order valence-corrected chi connectivity index (χ1v) is 6.36. The highest BCUT2D eigenvalue weighted by molar-refractivity contribution is 5.33. The molecule has 4 heteroatoms. The van der Waals surface area contributed by atoms with Gasteiger partial charge in [0.1, 0.15) is 17.4 Å². The van der Waals surface area contributed by atoms with Crippen molar-refractivity contribution in [2.45, 2.75) is 19.4 Å². The second-order valence-electron chi connectivity index (χ2n) is 4.75.